The Morgan fingerprint density at radius 1 is 1.32 bits per heavy atom. The number of carbonyl (C=O) groups is 1. The Morgan fingerprint density at radius 2 is 2.05 bits per heavy atom. The van der Waals surface area contributed by atoms with Crippen molar-refractivity contribution in [2.75, 3.05) is 18.4 Å². The number of amides is 2. The lowest BCUT2D eigenvalue weighted by Crippen LogP contribution is -2.42. The van der Waals surface area contributed by atoms with Crippen LogP contribution in [0.5, 0.6) is 0 Å². The van der Waals surface area contributed by atoms with Crippen molar-refractivity contribution >= 4 is 22.5 Å². The van der Waals surface area contributed by atoms with E-state index in [2.05, 4.69) is 15.5 Å². The summed E-state index contributed by atoms with van der Waals surface area (Å²) in [5, 5.41) is 21.2. The smallest absolute Gasteiger partial charge is 0.323 e. The second-order valence-electron chi connectivity index (χ2n) is 5.35. The maximum atomic E-state index is 12.1. The van der Waals surface area contributed by atoms with Crippen LogP contribution in [0.4, 0.5) is 9.93 Å². The molecule has 1 unspecified atom stereocenters. The number of benzene rings is 1. The van der Waals surface area contributed by atoms with E-state index in [4.69, 9.17) is 0 Å². The summed E-state index contributed by atoms with van der Waals surface area (Å²) in [7, 11) is 0. The highest BCUT2D eigenvalue weighted by molar-refractivity contribution is 7.13. The van der Waals surface area contributed by atoms with Gasteiger partial charge in [-0.15, -0.1) is 10.2 Å². The van der Waals surface area contributed by atoms with Crippen molar-refractivity contribution in [3.63, 3.8) is 0 Å². The van der Waals surface area contributed by atoms with Crippen molar-refractivity contribution < 1.29 is 9.90 Å². The molecule has 1 aromatic heterocycles. The highest BCUT2D eigenvalue weighted by Crippen LogP contribution is 2.30. The first-order chi connectivity index (χ1) is 10.7. The van der Waals surface area contributed by atoms with Gasteiger partial charge < -0.3 is 10.0 Å². The number of piperidine rings is 1. The van der Waals surface area contributed by atoms with Crippen molar-refractivity contribution in [2.45, 2.75) is 18.9 Å². The summed E-state index contributed by atoms with van der Waals surface area (Å²) in [6.45, 7) is 1.28. The number of aliphatic hydroxyl groups is 1. The summed E-state index contributed by atoms with van der Waals surface area (Å²) < 4.78 is 0. The normalized spacial score (nSPS) is 17.2. The van der Waals surface area contributed by atoms with Crippen molar-refractivity contribution in [2.24, 2.45) is 5.92 Å². The molecule has 3 rings (SSSR count). The summed E-state index contributed by atoms with van der Waals surface area (Å²) >= 11 is 1.30. The van der Waals surface area contributed by atoms with Crippen molar-refractivity contribution in [3.8, 4) is 0 Å². The summed E-state index contributed by atoms with van der Waals surface area (Å²) in [4.78, 5) is 13.9. The molecule has 0 bridgehead atoms. The van der Waals surface area contributed by atoms with Gasteiger partial charge in [0.05, 0.1) is 6.10 Å². The van der Waals surface area contributed by atoms with Gasteiger partial charge in [0.15, 0.2) is 0 Å². The van der Waals surface area contributed by atoms with Gasteiger partial charge in [0.2, 0.25) is 5.13 Å². The zero-order valence-electron chi connectivity index (χ0n) is 12.1. The number of likely N-dealkylation sites (tertiary alicyclic amines) is 1. The van der Waals surface area contributed by atoms with E-state index in [0.29, 0.717) is 18.2 Å². The lowest BCUT2D eigenvalue weighted by atomic mass is 9.87. The molecule has 7 heteroatoms. The lowest BCUT2D eigenvalue weighted by molar-refractivity contribution is 0.0683. The van der Waals surface area contributed by atoms with Crippen LogP contribution in [0.1, 0.15) is 24.5 Å². The van der Waals surface area contributed by atoms with Gasteiger partial charge in [-0.3, -0.25) is 5.32 Å². The molecule has 1 atom stereocenters. The van der Waals surface area contributed by atoms with E-state index in [9.17, 15) is 9.90 Å². The fourth-order valence-corrected chi connectivity index (χ4v) is 3.17. The molecule has 2 aromatic rings. The molecule has 22 heavy (non-hydrogen) atoms. The number of hydrogen-bond donors (Lipinski definition) is 2. The molecule has 0 spiro atoms. The van der Waals surface area contributed by atoms with Crippen LogP contribution in [0, 0.1) is 5.92 Å². The zero-order chi connectivity index (χ0) is 15.4. The van der Waals surface area contributed by atoms with Gasteiger partial charge >= 0.3 is 6.03 Å². The average molecular weight is 318 g/mol. The minimum atomic E-state index is -0.463. The van der Waals surface area contributed by atoms with Gasteiger partial charge in [-0.05, 0) is 24.3 Å². The van der Waals surface area contributed by atoms with Crippen LogP contribution in [0.3, 0.4) is 0 Å². The van der Waals surface area contributed by atoms with Gasteiger partial charge in [-0.2, -0.15) is 0 Å². The van der Waals surface area contributed by atoms with E-state index in [-0.39, 0.29) is 11.9 Å². The molecule has 0 saturated carbocycles. The van der Waals surface area contributed by atoms with Gasteiger partial charge in [-0.25, -0.2) is 4.79 Å². The van der Waals surface area contributed by atoms with Crippen LogP contribution >= 0.6 is 11.3 Å². The minimum Gasteiger partial charge on any atom is -0.388 e. The Morgan fingerprint density at radius 3 is 2.68 bits per heavy atom. The molecule has 1 aliphatic rings. The highest BCUT2D eigenvalue weighted by Gasteiger charge is 2.28. The number of aromatic nitrogens is 2. The first kappa shape index (κ1) is 14.9. The molecule has 6 nitrogen and oxygen atoms in total. The molecule has 0 aliphatic carbocycles. The Bertz CT molecular complexity index is 597. The Hall–Kier alpha value is -1.99. The number of nitrogens with zero attached hydrogens (tertiary/aromatic N) is 3. The molecule has 116 valence electrons. The van der Waals surface area contributed by atoms with Crippen LogP contribution in [0.25, 0.3) is 0 Å². The Balaban J connectivity index is 1.53. The van der Waals surface area contributed by atoms with Crippen molar-refractivity contribution in [3.05, 3.63) is 41.4 Å². The number of hydrogen-bond acceptors (Lipinski definition) is 5. The van der Waals surface area contributed by atoms with E-state index < -0.39 is 6.10 Å². The number of urea groups is 1. The first-order valence-corrected chi connectivity index (χ1v) is 8.17. The molecule has 0 radical (unpaired) electrons. The van der Waals surface area contributed by atoms with E-state index in [0.717, 1.165) is 18.4 Å². The van der Waals surface area contributed by atoms with Crippen LogP contribution in [0.15, 0.2) is 35.8 Å². The molecule has 1 aliphatic heterocycles. The van der Waals surface area contributed by atoms with Gasteiger partial charge in [0.25, 0.3) is 0 Å². The fraction of sp³-hybridized carbons (Fsp3) is 0.400. The number of rotatable bonds is 3. The third kappa shape index (κ3) is 3.42. The molecular weight excluding hydrogens is 300 g/mol. The number of nitrogens with one attached hydrogen (secondary N) is 1. The van der Waals surface area contributed by atoms with E-state index >= 15 is 0 Å². The SMILES string of the molecule is O=C(Nc1nncs1)N1CCC(C(O)c2ccccc2)CC1. The summed E-state index contributed by atoms with van der Waals surface area (Å²) in [5.74, 6) is 0.188. The molecule has 2 heterocycles. The van der Waals surface area contributed by atoms with Gasteiger partial charge in [-0.1, -0.05) is 41.7 Å². The minimum absolute atomic E-state index is 0.149. The van der Waals surface area contributed by atoms with Gasteiger partial charge in [0, 0.05) is 13.1 Å². The van der Waals surface area contributed by atoms with E-state index in [1.54, 1.807) is 10.4 Å². The molecule has 2 N–H and O–H groups in total. The topological polar surface area (TPSA) is 78.4 Å². The number of aliphatic hydroxyl groups excluding tert-OH is 1. The number of carbonyl (C=O) groups excluding carboxylic acids is 1. The largest absolute Gasteiger partial charge is 0.388 e. The second kappa shape index (κ2) is 6.85. The first-order valence-electron chi connectivity index (χ1n) is 7.29. The van der Waals surface area contributed by atoms with E-state index in [1.165, 1.54) is 11.3 Å². The highest BCUT2D eigenvalue weighted by atomic mass is 32.1. The van der Waals surface area contributed by atoms with E-state index in [1.807, 2.05) is 30.3 Å². The molecule has 1 aromatic carbocycles. The molecule has 2 amide bonds. The maximum absolute atomic E-state index is 12.1. The fourth-order valence-electron chi connectivity index (χ4n) is 2.74. The maximum Gasteiger partial charge on any atom is 0.323 e. The summed E-state index contributed by atoms with van der Waals surface area (Å²) in [6, 6.07) is 9.55. The molecule has 1 fully saturated rings. The predicted octanol–water partition coefficient (Wildman–Crippen LogP) is 2.52. The van der Waals surface area contributed by atoms with Crippen molar-refractivity contribution in [1.82, 2.24) is 15.1 Å². The standard InChI is InChI=1S/C15H18N4O2S/c20-13(11-4-2-1-3-5-11)12-6-8-19(9-7-12)15(21)17-14-18-16-10-22-14/h1-5,10,12-13,20H,6-9H2,(H,17,18,21). The Labute approximate surface area is 132 Å². The average Bonchev–Trinajstić information content (AvgIpc) is 3.08. The van der Waals surface area contributed by atoms with Crippen LogP contribution < -0.4 is 5.32 Å². The molecular formula is C15H18N4O2S. The third-order valence-electron chi connectivity index (χ3n) is 3.99. The summed E-state index contributed by atoms with van der Waals surface area (Å²) in [6.07, 6.45) is 1.12. The predicted molar refractivity (Wildman–Crippen MR) is 84.6 cm³/mol. The number of anilines is 1. The quantitative estimate of drug-likeness (QED) is 0.911. The molecule has 1 saturated heterocycles. The second-order valence-corrected chi connectivity index (χ2v) is 6.19. The monoisotopic (exact) mass is 318 g/mol. The zero-order valence-corrected chi connectivity index (χ0v) is 12.9. The Kier molecular flexibility index (Phi) is 4.65. The van der Waals surface area contributed by atoms with Gasteiger partial charge in [0.1, 0.15) is 5.51 Å². The third-order valence-corrected chi connectivity index (χ3v) is 4.60. The van der Waals surface area contributed by atoms with Crippen LogP contribution in [0.2, 0.25) is 0 Å². The van der Waals surface area contributed by atoms with Crippen molar-refractivity contribution in [1.29, 1.82) is 0 Å². The lowest BCUT2D eigenvalue weighted by Gasteiger charge is -2.34. The summed E-state index contributed by atoms with van der Waals surface area (Å²) in [5.41, 5.74) is 2.53. The van der Waals surface area contributed by atoms with Crippen LogP contribution in [-0.2, 0) is 0 Å². The van der Waals surface area contributed by atoms with Crippen LogP contribution in [-0.4, -0.2) is 39.3 Å².